The standard InChI is InChI=1S/C27H29N3O3S/c1-17(2)15-20(16-28-26(31)22-11-8-12-23-21(22)13-14-33-23)30(4)27(32)24-25(34-18(3)29-24)19-9-6-5-7-10-19/h5-14,17,20H,15-16H2,1-4H3,(H,28,31)/t20-/m1/s1. The van der Waals surface area contributed by atoms with Gasteiger partial charge in [0.05, 0.1) is 21.7 Å². The van der Waals surface area contributed by atoms with Crippen LogP contribution in [-0.2, 0) is 0 Å². The maximum Gasteiger partial charge on any atom is 0.274 e. The van der Waals surface area contributed by atoms with Crippen LogP contribution < -0.4 is 5.32 Å². The number of likely N-dealkylation sites (N-methyl/N-ethyl adjacent to an activating group) is 1. The van der Waals surface area contributed by atoms with Gasteiger partial charge in [0.25, 0.3) is 11.8 Å². The van der Waals surface area contributed by atoms with Crippen molar-refractivity contribution in [3.63, 3.8) is 0 Å². The van der Waals surface area contributed by atoms with Gasteiger partial charge in [0, 0.05) is 25.0 Å². The molecule has 7 heteroatoms. The molecule has 2 aromatic carbocycles. The summed E-state index contributed by atoms with van der Waals surface area (Å²) in [6, 6.07) is 16.9. The van der Waals surface area contributed by atoms with E-state index in [4.69, 9.17) is 4.42 Å². The summed E-state index contributed by atoms with van der Waals surface area (Å²) in [5.74, 6) is 0.0244. The largest absolute Gasteiger partial charge is 0.464 e. The molecule has 4 aromatic rings. The van der Waals surface area contributed by atoms with Crippen LogP contribution in [0.2, 0.25) is 0 Å². The molecule has 176 valence electrons. The Bertz CT molecular complexity index is 1290. The van der Waals surface area contributed by atoms with Gasteiger partial charge in [0.15, 0.2) is 0 Å². The third kappa shape index (κ3) is 5.04. The van der Waals surface area contributed by atoms with E-state index in [0.717, 1.165) is 27.3 Å². The zero-order chi connectivity index (χ0) is 24.2. The van der Waals surface area contributed by atoms with Crippen LogP contribution in [0.4, 0.5) is 0 Å². The second-order valence-corrected chi connectivity index (χ2v) is 10.0. The molecule has 2 amide bonds. The molecule has 0 fully saturated rings. The minimum absolute atomic E-state index is 0.139. The average Bonchev–Trinajstić information content (AvgIpc) is 3.47. The van der Waals surface area contributed by atoms with Gasteiger partial charge in [0.2, 0.25) is 0 Å². The van der Waals surface area contributed by atoms with Crippen molar-refractivity contribution in [3.05, 3.63) is 77.1 Å². The average molecular weight is 476 g/mol. The molecule has 0 saturated carbocycles. The molecule has 2 aromatic heterocycles. The van der Waals surface area contributed by atoms with Gasteiger partial charge in [-0.05, 0) is 43.0 Å². The molecule has 0 aliphatic rings. The van der Waals surface area contributed by atoms with E-state index in [1.54, 1.807) is 36.4 Å². The number of carbonyl (C=O) groups excluding carboxylic acids is 2. The summed E-state index contributed by atoms with van der Waals surface area (Å²) in [6.07, 6.45) is 2.33. The van der Waals surface area contributed by atoms with Gasteiger partial charge in [-0.1, -0.05) is 50.2 Å². The molecule has 1 atom stereocenters. The maximum absolute atomic E-state index is 13.6. The highest BCUT2D eigenvalue weighted by molar-refractivity contribution is 7.15. The first-order valence-corrected chi connectivity index (χ1v) is 12.2. The number of fused-ring (bicyclic) bond motifs is 1. The third-order valence-corrected chi connectivity index (χ3v) is 6.84. The van der Waals surface area contributed by atoms with E-state index in [9.17, 15) is 9.59 Å². The summed E-state index contributed by atoms with van der Waals surface area (Å²) >= 11 is 1.52. The fourth-order valence-corrected chi connectivity index (χ4v) is 5.03. The van der Waals surface area contributed by atoms with Crippen molar-refractivity contribution in [2.75, 3.05) is 13.6 Å². The van der Waals surface area contributed by atoms with E-state index in [0.29, 0.717) is 29.3 Å². The molecule has 0 saturated heterocycles. The Hall–Kier alpha value is -3.45. The number of amides is 2. The lowest BCUT2D eigenvalue weighted by Gasteiger charge is -2.29. The molecular weight excluding hydrogens is 446 g/mol. The highest BCUT2D eigenvalue weighted by atomic mass is 32.1. The van der Waals surface area contributed by atoms with Crippen LogP contribution in [0.5, 0.6) is 0 Å². The molecule has 0 aliphatic carbocycles. The van der Waals surface area contributed by atoms with Crippen molar-refractivity contribution >= 4 is 34.1 Å². The van der Waals surface area contributed by atoms with Crippen LogP contribution in [0.25, 0.3) is 21.4 Å². The number of hydrogen-bond acceptors (Lipinski definition) is 5. The number of furan rings is 1. The number of carbonyl (C=O) groups is 2. The van der Waals surface area contributed by atoms with Crippen molar-refractivity contribution in [3.8, 4) is 10.4 Å². The predicted octanol–water partition coefficient (Wildman–Crippen LogP) is 5.78. The fourth-order valence-electron chi connectivity index (χ4n) is 4.11. The van der Waals surface area contributed by atoms with Crippen molar-refractivity contribution in [1.82, 2.24) is 15.2 Å². The summed E-state index contributed by atoms with van der Waals surface area (Å²) in [4.78, 5) is 33.7. The molecule has 0 aliphatic heterocycles. The Morgan fingerprint density at radius 2 is 1.85 bits per heavy atom. The Balaban J connectivity index is 1.54. The van der Waals surface area contributed by atoms with Crippen molar-refractivity contribution < 1.29 is 14.0 Å². The van der Waals surface area contributed by atoms with E-state index in [2.05, 4.69) is 24.1 Å². The monoisotopic (exact) mass is 475 g/mol. The minimum atomic E-state index is -0.184. The maximum atomic E-state index is 13.6. The number of hydrogen-bond donors (Lipinski definition) is 1. The zero-order valence-electron chi connectivity index (χ0n) is 19.9. The van der Waals surface area contributed by atoms with Gasteiger partial charge in [-0.25, -0.2) is 4.98 Å². The number of thiazole rings is 1. The lowest BCUT2D eigenvalue weighted by molar-refractivity contribution is 0.0695. The Kier molecular flexibility index (Phi) is 7.12. The summed E-state index contributed by atoms with van der Waals surface area (Å²) < 4.78 is 5.42. The molecule has 34 heavy (non-hydrogen) atoms. The molecule has 6 nitrogen and oxygen atoms in total. The highest BCUT2D eigenvalue weighted by Gasteiger charge is 2.27. The molecule has 1 N–H and O–H groups in total. The van der Waals surface area contributed by atoms with Gasteiger partial charge in [-0.2, -0.15) is 0 Å². The van der Waals surface area contributed by atoms with Crippen LogP contribution in [0, 0.1) is 12.8 Å². The summed E-state index contributed by atoms with van der Waals surface area (Å²) in [5.41, 5.74) is 2.67. The number of nitrogens with zero attached hydrogens (tertiary/aromatic N) is 2. The van der Waals surface area contributed by atoms with Crippen LogP contribution >= 0.6 is 11.3 Å². The predicted molar refractivity (Wildman–Crippen MR) is 136 cm³/mol. The number of aromatic nitrogens is 1. The number of benzene rings is 2. The molecule has 0 radical (unpaired) electrons. The molecule has 0 unspecified atom stereocenters. The number of rotatable bonds is 8. The van der Waals surface area contributed by atoms with Crippen molar-refractivity contribution in [2.45, 2.75) is 33.2 Å². The van der Waals surface area contributed by atoms with E-state index in [1.165, 1.54) is 11.3 Å². The third-order valence-electron chi connectivity index (χ3n) is 5.82. The molecule has 0 spiro atoms. The van der Waals surface area contributed by atoms with Crippen LogP contribution in [0.1, 0.15) is 46.1 Å². The second kappa shape index (κ2) is 10.2. The van der Waals surface area contributed by atoms with E-state index in [-0.39, 0.29) is 17.9 Å². The quantitative estimate of drug-likeness (QED) is 0.350. The van der Waals surface area contributed by atoms with Crippen LogP contribution in [0.15, 0.2) is 65.3 Å². The Labute approximate surface area is 203 Å². The Morgan fingerprint density at radius 3 is 2.59 bits per heavy atom. The normalized spacial score (nSPS) is 12.1. The second-order valence-electron chi connectivity index (χ2n) is 8.82. The molecule has 4 rings (SSSR count). The lowest BCUT2D eigenvalue weighted by atomic mass is 10.0. The van der Waals surface area contributed by atoms with E-state index >= 15 is 0 Å². The van der Waals surface area contributed by atoms with Crippen LogP contribution in [0.3, 0.4) is 0 Å². The van der Waals surface area contributed by atoms with Gasteiger partial charge >= 0.3 is 0 Å². The molecule has 2 heterocycles. The first kappa shape index (κ1) is 23.7. The first-order chi connectivity index (χ1) is 16.3. The first-order valence-electron chi connectivity index (χ1n) is 11.4. The highest BCUT2D eigenvalue weighted by Crippen LogP contribution is 2.31. The lowest BCUT2D eigenvalue weighted by Crippen LogP contribution is -2.45. The van der Waals surface area contributed by atoms with Gasteiger partial charge < -0.3 is 14.6 Å². The SMILES string of the molecule is Cc1nc(C(=O)N(C)[C@@H](CNC(=O)c2cccc3occc23)CC(C)C)c(-c2ccccc2)s1. The summed E-state index contributed by atoms with van der Waals surface area (Å²) in [6.45, 7) is 6.48. The van der Waals surface area contributed by atoms with E-state index < -0.39 is 0 Å². The minimum Gasteiger partial charge on any atom is -0.464 e. The van der Waals surface area contributed by atoms with E-state index in [1.807, 2.05) is 43.3 Å². The van der Waals surface area contributed by atoms with Crippen LogP contribution in [-0.4, -0.2) is 41.3 Å². The fraction of sp³-hybridized carbons (Fsp3) is 0.296. The summed E-state index contributed by atoms with van der Waals surface area (Å²) in [5, 5.41) is 4.65. The van der Waals surface area contributed by atoms with Gasteiger partial charge in [-0.3, -0.25) is 9.59 Å². The Morgan fingerprint density at radius 1 is 1.09 bits per heavy atom. The van der Waals surface area contributed by atoms with Crippen molar-refractivity contribution in [1.29, 1.82) is 0 Å². The number of nitrogens with one attached hydrogen (secondary N) is 1. The number of aryl methyl sites for hydroxylation is 1. The summed E-state index contributed by atoms with van der Waals surface area (Å²) in [7, 11) is 1.79. The van der Waals surface area contributed by atoms with Gasteiger partial charge in [0.1, 0.15) is 11.3 Å². The zero-order valence-corrected chi connectivity index (χ0v) is 20.7. The van der Waals surface area contributed by atoms with Gasteiger partial charge in [-0.15, -0.1) is 11.3 Å². The molecule has 0 bridgehead atoms. The van der Waals surface area contributed by atoms with Crippen molar-refractivity contribution in [2.24, 2.45) is 5.92 Å². The molecular formula is C27H29N3O3S. The topological polar surface area (TPSA) is 75.4 Å². The smallest absolute Gasteiger partial charge is 0.274 e.